The number of para-hydroxylation sites is 1. The summed E-state index contributed by atoms with van der Waals surface area (Å²) >= 11 is 5.22. The molecule has 19 heavy (non-hydrogen) atoms. The van der Waals surface area contributed by atoms with Gasteiger partial charge in [0, 0.05) is 26.7 Å². The van der Waals surface area contributed by atoms with Crippen LogP contribution in [0, 0.1) is 0 Å². The quantitative estimate of drug-likeness (QED) is 0.828. The molecule has 0 fully saturated rings. The van der Waals surface area contributed by atoms with Crippen molar-refractivity contribution in [1.29, 1.82) is 0 Å². The van der Waals surface area contributed by atoms with Gasteiger partial charge < -0.3 is 10.5 Å². The van der Waals surface area contributed by atoms with Gasteiger partial charge in [-0.2, -0.15) is 0 Å². The van der Waals surface area contributed by atoms with E-state index in [1.54, 1.807) is 18.9 Å². The van der Waals surface area contributed by atoms with E-state index in [0.717, 1.165) is 21.5 Å². The highest BCUT2D eigenvalue weighted by atomic mass is 79.9. The summed E-state index contributed by atoms with van der Waals surface area (Å²) in [6.07, 6.45) is 0. The van der Waals surface area contributed by atoms with Crippen molar-refractivity contribution in [2.45, 2.75) is 10.9 Å². The van der Waals surface area contributed by atoms with Crippen LogP contribution in [0.15, 0.2) is 57.9 Å². The molecule has 0 aliphatic carbocycles. The van der Waals surface area contributed by atoms with Crippen molar-refractivity contribution in [2.75, 3.05) is 12.9 Å². The number of hydrogen-bond donors (Lipinski definition) is 1. The molecule has 2 aromatic carbocycles. The van der Waals surface area contributed by atoms with Gasteiger partial charge in [-0.3, -0.25) is 0 Å². The van der Waals surface area contributed by atoms with Crippen molar-refractivity contribution in [3.05, 3.63) is 58.6 Å². The van der Waals surface area contributed by atoms with E-state index in [4.69, 9.17) is 10.5 Å². The molecule has 2 rings (SSSR count). The monoisotopic (exact) mass is 337 g/mol. The van der Waals surface area contributed by atoms with Crippen LogP contribution in [-0.2, 0) is 0 Å². The second kappa shape index (κ2) is 6.98. The molecule has 2 N–H and O–H groups in total. The summed E-state index contributed by atoms with van der Waals surface area (Å²) in [5.74, 6) is 1.67. The maximum absolute atomic E-state index is 6.24. The number of ether oxygens (including phenoxy) is 1. The zero-order chi connectivity index (χ0) is 13.7. The van der Waals surface area contributed by atoms with Crippen LogP contribution in [0.3, 0.4) is 0 Å². The van der Waals surface area contributed by atoms with E-state index >= 15 is 0 Å². The highest BCUT2D eigenvalue weighted by Gasteiger charge is 2.11. The van der Waals surface area contributed by atoms with E-state index in [1.165, 1.54) is 4.90 Å². The van der Waals surface area contributed by atoms with Crippen molar-refractivity contribution in [1.82, 2.24) is 0 Å². The van der Waals surface area contributed by atoms with Gasteiger partial charge >= 0.3 is 0 Å². The molecular formula is C15H16BrNOS. The van der Waals surface area contributed by atoms with E-state index in [-0.39, 0.29) is 6.04 Å². The fourth-order valence-corrected chi connectivity index (χ4v) is 3.29. The van der Waals surface area contributed by atoms with Crippen LogP contribution in [0.25, 0.3) is 0 Å². The molecule has 2 nitrogen and oxygen atoms in total. The van der Waals surface area contributed by atoms with Gasteiger partial charge in [-0.15, -0.1) is 11.8 Å². The number of methoxy groups -OCH3 is 1. The second-order valence-corrected chi connectivity index (χ2v) is 6.13. The summed E-state index contributed by atoms with van der Waals surface area (Å²) < 4.78 is 6.43. The predicted molar refractivity (Wildman–Crippen MR) is 84.8 cm³/mol. The number of halogens is 1. The Morgan fingerprint density at radius 1 is 1.21 bits per heavy atom. The molecule has 100 valence electrons. The Labute approximate surface area is 126 Å². The number of thioether (sulfide) groups is 1. The minimum atomic E-state index is -0.0415. The Morgan fingerprint density at radius 3 is 2.74 bits per heavy atom. The van der Waals surface area contributed by atoms with Gasteiger partial charge in [0.1, 0.15) is 5.75 Å². The van der Waals surface area contributed by atoms with Gasteiger partial charge in [-0.05, 0) is 24.3 Å². The van der Waals surface area contributed by atoms with Crippen LogP contribution >= 0.6 is 27.7 Å². The lowest BCUT2D eigenvalue weighted by molar-refractivity contribution is 0.407. The lowest BCUT2D eigenvalue weighted by Crippen LogP contribution is -2.14. The van der Waals surface area contributed by atoms with Crippen molar-refractivity contribution >= 4 is 27.7 Å². The third-order valence-corrected chi connectivity index (χ3v) is 4.37. The van der Waals surface area contributed by atoms with Crippen LogP contribution < -0.4 is 10.5 Å². The van der Waals surface area contributed by atoms with E-state index in [0.29, 0.717) is 0 Å². The average Bonchev–Trinajstić information content (AvgIpc) is 2.45. The molecule has 1 unspecified atom stereocenters. The Balaban J connectivity index is 2.03. The number of benzene rings is 2. The predicted octanol–water partition coefficient (Wildman–Crippen LogP) is 4.25. The molecule has 0 amide bonds. The molecule has 0 heterocycles. The summed E-state index contributed by atoms with van der Waals surface area (Å²) in [5.41, 5.74) is 7.29. The Bertz CT molecular complexity index is 547. The highest BCUT2D eigenvalue weighted by molar-refractivity contribution is 9.10. The molecule has 0 saturated carbocycles. The molecule has 4 heteroatoms. The average molecular weight is 338 g/mol. The third-order valence-electron chi connectivity index (χ3n) is 2.76. The van der Waals surface area contributed by atoms with E-state index in [9.17, 15) is 0 Å². The van der Waals surface area contributed by atoms with Gasteiger partial charge in [0.25, 0.3) is 0 Å². The first-order valence-electron chi connectivity index (χ1n) is 5.97. The molecule has 0 radical (unpaired) electrons. The van der Waals surface area contributed by atoms with Crippen molar-refractivity contribution < 1.29 is 4.74 Å². The number of hydrogen-bond acceptors (Lipinski definition) is 3. The standard InChI is InChI=1S/C15H16BrNOS/c1-18-15-8-3-2-7-13(15)14(17)10-19-12-6-4-5-11(16)9-12/h2-9,14H,10,17H2,1H3. The van der Waals surface area contributed by atoms with Crippen LogP contribution in [0.1, 0.15) is 11.6 Å². The summed E-state index contributed by atoms with van der Waals surface area (Å²) in [6, 6.07) is 16.1. The van der Waals surface area contributed by atoms with Crippen molar-refractivity contribution in [2.24, 2.45) is 5.73 Å². The smallest absolute Gasteiger partial charge is 0.123 e. The fraction of sp³-hybridized carbons (Fsp3) is 0.200. The van der Waals surface area contributed by atoms with Gasteiger partial charge in [0.15, 0.2) is 0 Å². The Hall–Kier alpha value is -0.970. The topological polar surface area (TPSA) is 35.2 Å². The molecule has 2 aromatic rings. The van der Waals surface area contributed by atoms with E-state index in [1.807, 2.05) is 36.4 Å². The lowest BCUT2D eigenvalue weighted by Gasteiger charge is -2.15. The Kier molecular flexibility index (Phi) is 5.31. The van der Waals surface area contributed by atoms with Gasteiger partial charge in [0.05, 0.1) is 7.11 Å². The van der Waals surface area contributed by atoms with Crippen LogP contribution in [0.4, 0.5) is 0 Å². The maximum atomic E-state index is 6.24. The molecule has 0 aromatic heterocycles. The Morgan fingerprint density at radius 2 is 2.00 bits per heavy atom. The van der Waals surface area contributed by atoms with Crippen molar-refractivity contribution in [3.8, 4) is 5.75 Å². The minimum absolute atomic E-state index is 0.0415. The van der Waals surface area contributed by atoms with Gasteiger partial charge in [0.2, 0.25) is 0 Å². The molecule has 0 aliphatic heterocycles. The van der Waals surface area contributed by atoms with Gasteiger partial charge in [-0.25, -0.2) is 0 Å². The van der Waals surface area contributed by atoms with Crippen molar-refractivity contribution in [3.63, 3.8) is 0 Å². The fourth-order valence-electron chi connectivity index (χ4n) is 1.81. The van der Waals surface area contributed by atoms with E-state index in [2.05, 4.69) is 28.1 Å². The maximum Gasteiger partial charge on any atom is 0.123 e. The molecule has 0 bridgehead atoms. The first-order valence-corrected chi connectivity index (χ1v) is 7.75. The zero-order valence-electron chi connectivity index (χ0n) is 10.7. The molecule has 0 spiro atoms. The summed E-state index contributed by atoms with van der Waals surface area (Å²) in [4.78, 5) is 1.21. The largest absolute Gasteiger partial charge is 0.496 e. The number of rotatable bonds is 5. The van der Waals surface area contributed by atoms with Crippen LogP contribution in [0.2, 0.25) is 0 Å². The third kappa shape index (κ3) is 4.00. The molecular weight excluding hydrogens is 322 g/mol. The summed E-state index contributed by atoms with van der Waals surface area (Å²) in [6.45, 7) is 0. The molecule has 0 aliphatic rings. The molecule has 0 saturated heterocycles. The lowest BCUT2D eigenvalue weighted by atomic mass is 10.1. The normalized spacial score (nSPS) is 12.2. The van der Waals surface area contributed by atoms with Crippen LogP contribution in [-0.4, -0.2) is 12.9 Å². The second-order valence-electron chi connectivity index (χ2n) is 4.12. The first-order chi connectivity index (χ1) is 9.20. The zero-order valence-corrected chi connectivity index (χ0v) is 13.1. The minimum Gasteiger partial charge on any atom is -0.496 e. The molecule has 1 atom stereocenters. The van der Waals surface area contributed by atoms with Gasteiger partial charge in [-0.1, -0.05) is 40.2 Å². The highest BCUT2D eigenvalue weighted by Crippen LogP contribution is 2.29. The number of nitrogens with two attached hydrogens (primary N) is 1. The summed E-state index contributed by atoms with van der Waals surface area (Å²) in [5, 5.41) is 0. The SMILES string of the molecule is COc1ccccc1C(N)CSc1cccc(Br)c1. The van der Waals surface area contributed by atoms with E-state index < -0.39 is 0 Å². The summed E-state index contributed by atoms with van der Waals surface area (Å²) in [7, 11) is 1.67. The van der Waals surface area contributed by atoms with Crippen LogP contribution in [0.5, 0.6) is 5.75 Å². The first kappa shape index (κ1) is 14.4.